The molecular weight excluding hydrogens is 441 g/mol. The van der Waals surface area contributed by atoms with Crippen LogP contribution >= 0.6 is 11.6 Å². The quantitative estimate of drug-likeness (QED) is 0.376. The Bertz CT molecular complexity index is 1050. The van der Waals surface area contributed by atoms with Crippen molar-refractivity contribution in [2.75, 3.05) is 5.32 Å². The number of nitrogens with one attached hydrogen (secondary N) is 2. The molecule has 170 valence electrons. The molecule has 0 aliphatic heterocycles. The van der Waals surface area contributed by atoms with Crippen molar-refractivity contribution in [2.45, 2.75) is 39.1 Å². The molecule has 4 nitrogen and oxygen atoms in total. The first-order valence-corrected chi connectivity index (χ1v) is 10.5. The Morgan fingerprint density at radius 3 is 2.47 bits per heavy atom. The molecule has 2 aromatic carbocycles. The highest BCUT2D eigenvalue weighted by Gasteiger charge is 2.31. The summed E-state index contributed by atoms with van der Waals surface area (Å²) in [4.78, 5) is 15.9. The average Bonchev–Trinajstić information content (AvgIpc) is 3.17. The van der Waals surface area contributed by atoms with Gasteiger partial charge in [0.15, 0.2) is 0 Å². The van der Waals surface area contributed by atoms with E-state index in [9.17, 15) is 18.0 Å². The van der Waals surface area contributed by atoms with Crippen molar-refractivity contribution in [3.8, 4) is 0 Å². The first kappa shape index (κ1) is 23.7. The van der Waals surface area contributed by atoms with Gasteiger partial charge in [0.05, 0.1) is 22.0 Å². The number of anilines is 1. The molecule has 2 N–H and O–H groups in total. The third kappa shape index (κ3) is 6.07. The van der Waals surface area contributed by atoms with Crippen LogP contribution in [0.1, 0.15) is 36.2 Å². The Labute approximate surface area is 189 Å². The largest absolute Gasteiger partial charge is 0.458 e. The average molecular weight is 465 g/mol. The molecule has 0 aliphatic rings. The van der Waals surface area contributed by atoms with E-state index >= 15 is 0 Å². The van der Waals surface area contributed by atoms with Crippen LogP contribution in [0, 0.1) is 5.92 Å². The molecule has 0 bridgehead atoms. The van der Waals surface area contributed by atoms with E-state index in [0.717, 1.165) is 29.0 Å². The lowest BCUT2D eigenvalue weighted by molar-refractivity contribution is -0.147. The van der Waals surface area contributed by atoms with Crippen molar-refractivity contribution in [3.05, 3.63) is 88.2 Å². The maximum atomic E-state index is 12.9. The minimum atomic E-state index is -4.49. The maximum absolute atomic E-state index is 12.9. The van der Waals surface area contributed by atoms with E-state index in [1.54, 1.807) is 6.20 Å². The molecule has 1 heterocycles. The van der Waals surface area contributed by atoms with Crippen molar-refractivity contribution >= 4 is 23.3 Å². The molecule has 0 fully saturated rings. The first-order valence-electron chi connectivity index (χ1n) is 10.1. The normalized spacial score (nSPS) is 12.6. The fraction of sp³-hybridized carbons (Fsp3) is 0.292. The number of ether oxygens (including phenoxy) is 1. The van der Waals surface area contributed by atoms with Crippen LogP contribution in [0.3, 0.4) is 0 Å². The summed E-state index contributed by atoms with van der Waals surface area (Å²) in [5, 5.41) is 2.81. The van der Waals surface area contributed by atoms with Crippen LogP contribution in [-0.4, -0.2) is 17.0 Å². The minimum Gasteiger partial charge on any atom is -0.458 e. The molecule has 3 aromatic rings. The van der Waals surface area contributed by atoms with E-state index in [2.05, 4.69) is 10.3 Å². The van der Waals surface area contributed by atoms with Gasteiger partial charge in [0.1, 0.15) is 12.6 Å². The SMILES string of the molecule is CC(C)C(Nc1ccc(C(F)(F)F)cc1Cl)C(=O)OCc1[nH]ccc1Cc1ccccc1. The summed E-state index contributed by atoms with van der Waals surface area (Å²) in [7, 11) is 0. The van der Waals surface area contributed by atoms with E-state index in [0.29, 0.717) is 6.42 Å². The Morgan fingerprint density at radius 2 is 1.84 bits per heavy atom. The Morgan fingerprint density at radius 1 is 1.12 bits per heavy atom. The van der Waals surface area contributed by atoms with E-state index < -0.39 is 23.8 Å². The van der Waals surface area contributed by atoms with Crippen molar-refractivity contribution in [1.82, 2.24) is 4.98 Å². The third-order valence-electron chi connectivity index (χ3n) is 5.05. The second-order valence-corrected chi connectivity index (χ2v) is 8.22. The number of alkyl halides is 3. The molecule has 1 unspecified atom stereocenters. The summed E-state index contributed by atoms with van der Waals surface area (Å²) >= 11 is 6.03. The molecule has 1 aromatic heterocycles. The number of rotatable bonds is 8. The van der Waals surface area contributed by atoms with Gasteiger partial charge >= 0.3 is 12.1 Å². The second-order valence-electron chi connectivity index (χ2n) is 7.81. The highest BCUT2D eigenvalue weighted by molar-refractivity contribution is 6.33. The summed E-state index contributed by atoms with van der Waals surface area (Å²) < 4.78 is 44.1. The van der Waals surface area contributed by atoms with Gasteiger partial charge in [-0.2, -0.15) is 13.2 Å². The van der Waals surface area contributed by atoms with Crippen LogP contribution in [-0.2, 0) is 28.7 Å². The van der Waals surface area contributed by atoms with Crippen molar-refractivity contribution in [3.63, 3.8) is 0 Å². The highest BCUT2D eigenvalue weighted by Crippen LogP contribution is 2.34. The standard InChI is InChI=1S/C24H24ClF3N2O2/c1-15(2)22(30-20-9-8-18(13-19(20)25)24(26,27)28)23(31)32-14-21-17(10-11-29-21)12-16-6-4-3-5-7-16/h3-11,13,15,22,29-30H,12,14H2,1-2H3. The summed E-state index contributed by atoms with van der Waals surface area (Å²) in [6, 6.07) is 14.1. The lowest BCUT2D eigenvalue weighted by Gasteiger charge is -2.23. The van der Waals surface area contributed by atoms with Crippen molar-refractivity contribution in [1.29, 1.82) is 0 Å². The number of carbonyl (C=O) groups excluding carboxylic acids is 1. The van der Waals surface area contributed by atoms with Gasteiger partial charge in [-0.05, 0) is 47.7 Å². The fourth-order valence-corrected chi connectivity index (χ4v) is 3.49. The molecule has 0 aliphatic carbocycles. The van der Waals surface area contributed by atoms with E-state index in [4.69, 9.17) is 16.3 Å². The number of esters is 1. The van der Waals surface area contributed by atoms with Gasteiger partial charge in [0.2, 0.25) is 0 Å². The highest BCUT2D eigenvalue weighted by atomic mass is 35.5. The van der Waals surface area contributed by atoms with E-state index in [1.807, 2.05) is 50.2 Å². The van der Waals surface area contributed by atoms with Crippen LogP contribution in [0.25, 0.3) is 0 Å². The van der Waals surface area contributed by atoms with Crippen molar-refractivity contribution in [2.24, 2.45) is 5.92 Å². The maximum Gasteiger partial charge on any atom is 0.416 e. The molecule has 0 spiro atoms. The monoisotopic (exact) mass is 464 g/mol. The predicted octanol–water partition coefficient (Wildman–Crippen LogP) is 6.46. The number of hydrogen-bond donors (Lipinski definition) is 2. The number of hydrogen-bond acceptors (Lipinski definition) is 3. The van der Waals surface area contributed by atoms with Gasteiger partial charge in [-0.3, -0.25) is 0 Å². The molecule has 0 amide bonds. The summed E-state index contributed by atoms with van der Waals surface area (Å²) in [6.07, 6.45) is -2.00. The van der Waals surface area contributed by atoms with Crippen LogP contribution in [0.4, 0.5) is 18.9 Å². The van der Waals surface area contributed by atoms with Crippen LogP contribution in [0.5, 0.6) is 0 Å². The van der Waals surface area contributed by atoms with Crippen LogP contribution in [0.15, 0.2) is 60.8 Å². The van der Waals surface area contributed by atoms with Gasteiger partial charge in [-0.25, -0.2) is 4.79 Å². The van der Waals surface area contributed by atoms with Gasteiger partial charge in [-0.15, -0.1) is 0 Å². The molecule has 1 atom stereocenters. The third-order valence-corrected chi connectivity index (χ3v) is 5.37. The Hall–Kier alpha value is -2.93. The van der Waals surface area contributed by atoms with Crippen LogP contribution in [0.2, 0.25) is 5.02 Å². The molecular formula is C24H24ClF3N2O2. The lowest BCUT2D eigenvalue weighted by atomic mass is 10.0. The number of halogens is 4. The number of benzene rings is 2. The van der Waals surface area contributed by atoms with Crippen molar-refractivity contribution < 1.29 is 22.7 Å². The Kier molecular flexibility index (Phi) is 7.51. The number of carbonyl (C=O) groups is 1. The number of H-pyrrole nitrogens is 1. The zero-order valence-corrected chi connectivity index (χ0v) is 18.4. The molecule has 32 heavy (non-hydrogen) atoms. The first-order chi connectivity index (χ1) is 15.1. The smallest absolute Gasteiger partial charge is 0.416 e. The van der Waals surface area contributed by atoms with Crippen LogP contribution < -0.4 is 5.32 Å². The molecule has 8 heteroatoms. The second kappa shape index (κ2) is 10.1. The summed E-state index contributed by atoms with van der Waals surface area (Å²) in [5.74, 6) is -0.704. The molecule has 0 saturated heterocycles. The fourth-order valence-electron chi connectivity index (χ4n) is 3.26. The lowest BCUT2D eigenvalue weighted by Crippen LogP contribution is -2.36. The van der Waals surface area contributed by atoms with Gasteiger partial charge in [-0.1, -0.05) is 55.8 Å². The van der Waals surface area contributed by atoms with Gasteiger partial charge in [0.25, 0.3) is 0 Å². The number of aromatic amines is 1. The zero-order chi connectivity index (χ0) is 23.3. The minimum absolute atomic E-state index is 0.0552. The molecule has 0 saturated carbocycles. The summed E-state index contributed by atoms with van der Waals surface area (Å²) in [6.45, 7) is 3.68. The van der Waals surface area contributed by atoms with Gasteiger partial charge < -0.3 is 15.0 Å². The molecule has 3 rings (SSSR count). The number of aromatic nitrogens is 1. The Balaban J connectivity index is 1.66. The van der Waals surface area contributed by atoms with E-state index in [1.165, 1.54) is 6.07 Å². The topological polar surface area (TPSA) is 54.1 Å². The summed E-state index contributed by atoms with van der Waals surface area (Å²) in [5.41, 5.74) is 2.33. The molecule has 0 radical (unpaired) electrons. The van der Waals surface area contributed by atoms with Gasteiger partial charge in [0, 0.05) is 6.20 Å². The zero-order valence-electron chi connectivity index (χ0n) is 17.7. The predicted molar refractivity (Wildman–Crippen MR) is 119 cm³/mol. The van der Waals surface area contributed by atoms with E-state index in [-0.39, 0.29) is 23.2 Å².